The van der Waals surface area contributed by atoms with Crippen LogP contribution in [0.25, 0.3) is 0 Å². The average Bonchev–Trinajstić information content (AvgIpc) is 2.72. The third kappa shape index (κ3) is 5.61. The number of rotatable bonds is 10. The first-order chi connectivity index (χ1) is 13.8. The Labute approximate surface area is 171 Å². The summed E-state index contributed by atoms with van der Waals surface area (Å²) in [6, 6.07) is 12.4. The van der Waals surface area contributed by atoms with E-state index >= 15 is 0 Å². The van der Waals surface area contributed by atoms with Crippen LogP contribution in [0.5, 0.6) is 11.5 Å². The highest BCUT2D eigenvalue weighted by Gasteiger charge is 2.29. The van der Waals surface area contributed by atoms with Crippen LogP contribution in [0, 0.1) is 0 Å². The van der Waals surface area contributed by atoms with Gasteiger partial charge in [-0.1, -0.05) is 18.2 Å². The Morgan fingerprint density at radius 2 is 1.76 bits per heavy atom. The summed E-state index contributed by atoms with van der Waals surface area (Å²) in [5.74, 6) is 0.300. The molecular weight excluding hydrogens is 396 g/mol. The smallest absolute Gasteiger partial charge is 0.264 e. The van der Waals surface area contributed by atoms with Crippen molar-refractivity contribution in [2.45, 2.75) is 17.9 Å². The van der Waals surface area contributed by atoms with E-state index in [0.29, 0.717) is 12.4 Å². The van der Waals surface area contributed by atoms with Crippen molar-refractivity contribution < 1.29 is 27.4 Å². The third-order valence-electron chi connectivity index (χ3n) is 4.10. The number of anilines is 1. The minimum atomic E-state index is -4.03. The molecule has 1 N–H and O–H groups in total. The molecule has 2 aromatic rings. The number of nitrogens with zero attached hydrogens (tertiary/aromatic N) is 1. The molecule has 9 heteroatoms. The number of benzene rings is 2. The molecule has 0 spiro atoms. The third-order valence-corrected chi connectivity index (χ3v) is 5.87. The fourth-order valence-corrected chi connectivity index (χ4v) is 4.21. The van der Waals surface area contributed by atoms with Crippen LogP contribution < -0.4 is 19.1 Å². The second-order valence-electron chi connectivity index (χ2n) is 6.29. The number of methoxy groups -OCH3 is 3. The largest absolute Gasteiger partial charge is 0.497 e. The maximum Gasteiger partial charge on any atom is 0.264 e. The van der Waals surface area contributed by atoms with Gasteiger partial charge in [0.2, 0.25) is 5.91 Å². The fraction of sp³-hybridized carbons (Fsp3) is 0.350. The van der Waals surface area contributed by atoms with E-state index in [2.05, 4.69) is 5.32 Å². The van der Waals surface area contributed by atoms with Gasteiger partial charge >= 0.3 is 0 Å². The van der Waals surface area contributed by atoms with Crippen molar-refractivity contribution >= 4 is 21.6 Å². The summed E-state index contributed by atoms with van der Waals surface area (Å²) in [6.07, 6.45) is 0. The van der Waals surface area contributed by atoms with Crippen LogP contribution in [0.3, 0.4) is 0 Å². The number of carbonyl (C=O) groups is 1. The first kappa shape index (κ1) is 22.5. The topological polar surface area (TPSA) is 94.2 Å². The van der Waals surface area contributed by atoms with E-state index < -0.39 is 22.5 Å². The zero-order chi connectivity index (χ0) is 21.4. The Bertz CT molecular complexity index is 918. The molecule has 0 aliphatic heterocycles. The number of sulfonamides is 1. The maximum absolute atomic E-state index is 13.3. The Morgan fingerprint density at radius 3 is 2.34 bits per heavy atom. The minimum absolute atomic E-state index is 0.0654. The summed E-state index contributed by atoms with van der Waals surface area (Å²) in [4.78, 5) is 12.6. The van der Waals surface area contributed by atoms with E-state index in [4.69, 9.17) is 14.2 Å². The molecule has 0 aliphatic carbocycles. The van der Waals surface area contributed by atoms with E-state index in [1.54, 1.807) is 43.3 Å². The Kier molecular flexibility index (Phi) is 7.86. The van der Waals surface area contributed by atoms with Crippen molar-refractivity contribution in [3.8, 4) is 11.5 Å². The Morgan fingerprint density at radius 1 is 1.07 bits per heavy atom. The predicted molar refractivity (Wildman–Crippen MR) is 110 cm³/mol. The Hall–Kier alpha value is -2.78. The molecule has 1 atom stereocenters. The van der Waals surface area contributed by atoms with Crippen molar-refractivity contribution in [3.63, 3.8) is 0 Å². The highest BCUT2D eigenvalue weighted by molar-refractivity contribution is 7.92. The maximum atomic E-state index is 13.3. The van der Waals surface area contributed by atoms with Crippen LogP contribution >= 0.6 is 0 Å². The molecule has 0 radical (unpaired) electrons. The first-order valence-corrected chi connectivity index (χ1v) is 10.4. The number of nitrogens with one attached hydrogen (secondary N) is 1. The van der Waals surface area contributed by atoms with Crippen molar-refractivity contribution in [2.24, 2.45) is 0 Å². The average molecular weight is 423 g/mol. The molecule has 2 aromatic carbocycles. The van der Waals surface area contributed by atoms with Crippen molar-refractivity contribution in [3.05, 3.63) is 48.5 Å². The molecular formula is C20H26N2O6S. The molecule has 2 rings (SSSR count). The number of ether oxygens (including phenoxy) is 3. The highest BCUT2D eigenvalue weighted by atomic mass is 32.2. The lowest BCUT2D eigenvalue weighted by molar-refractivity contribution is -0.120. The quantitative estimate of drug-likeness (QED) is 0.630. The SMILES string of the molecule is COC[C@H](C)NC(=O)CN(c1ccc(OC)cc1OC)S(=O)(=O)c1ccccc1. The van der Waals surface area contributed by atoms with Gasteiger partial charge in [-0.05, 0) is 31.2 Å². The fourth-order valence-electron chi connectivity index (χ4n) is 2.75. The van der Waals surface area contributed by atoms with E-state index in [1.165, 1.54) is 33.5 Å². The van der Waals surface area contributed by atoms with Crippen LogP contribution in [0.15, 0.2) is 53.4 Å². The zero-order valence-corrected chi connectivity index (χ0v) is 17.7. The summed E-state index contributed by atoms with van der Waals surface area (Å²) >= 11 is 0. The molecule has 0 bridgehead atoms. The van der Waals surface area contributed by atoms with Crippen LogP contribution in [-0.2, 0) is 19.6 Å². The van der Waals surface area contributed by atoms with Gasteiger partial charge in [-0.15, -0.1) is 0 Å². The molecule has 8 nitrogen and oxygen atoms in total. The number of hydrogen-bond acceptors (Lipinski definition) is 6. The summed E-state index contributed by atoms with van der Waals surface area (Å²) < 4.78 is 43.3. The molecule has 0 heterocycles. The van der Waals surface area contributed by atoms with Crippen molar-refractivity contribution in [2.75, 3.05) is 38.8 Å². The van der Waals surface area contributed by atoms with E-state index in [-0.39, 0.29) is 22.4 Å². The lowest BCUT2D eigenvalue weighted by Gasteiger charge is -2.26. The van der Waals surface area contributed by atoms with Gasteiger partial charge in [-0.2, -0.15) is 0 Å². The number of hydrogen-bond donors (Lipinski definition) is 1. The van der Waals surface area contributed by atoms with Gasteiger partial charge in [0.25, 0.3) is 10.0 Å². The van der Waals surface area contributed by atoms with Gasteiger partial charge < -0.3 is 19.5 Å². The zero-order valence-electron chi connectivity index (χ0n) is 16.9. The summed E-state index contributed by atoms with van der Waals surface area (Å²) in [5.41, 5.74) is 0.228. The predicted octanol–water partition coefficient (Wildman–Crippen LogP) is 2.05. The van der Waals surface area contributed by atoms with E-state index in [1.807, 2.05) is 0 Å². The summed E-state index contributed by atoms with van der Waals surface area (Å²) in [6.45, 7) is 1.66. The van der Waals surface area contributed by atoms with Crippen molar-refractivity contribution in [1.82, 2.24) is 5.32 Å². The van der Waals surface area contributed by atoms with Crippen LogP contribution in [-0.4, -0.2) is 54.8 Å². The standard InChI is InChI=1S/C20H26N2O6S/c1-15(14-26-2)21-20(23)13-22(29(24,25)17-8-6-5-7-9-17)18-11-10-16(27-3)12-19(18)28-4/h5-12,15H,13-14H2,1-4H3,(H,21,23)/t15-/m0/s1. The molecule has 1 amide bonds. The monoisotopic (exact) mass is 422 g/mol. The van der Waals surface area contributed by atoms with Crippen molar-refractivity contribution in [1.29, 1.82) is 0 Å². The van der Waals surface area contributed by atoms with E-state index in [0.717, 1.165) is 4.31 Å². The van der Waals surface area contributed by atoms with E-state index in [9.17, 15) is 13.2 Å². The van der Waals surface area contributed by atoms with Gasteiger partial charge in [0.05, 0.1) is 31.4 Å². The molecule has 0 aliphatic rings. The lowest BCUT2D eigenvalue weighted by Crippen LogP contribution is -2.44. The van der Waals surface area contributed by atoms with Crippen LogP contribution in [0.1, 0.15) is 6.92 Å². The molecule has 0 saturated heterocycles. The molecule has 158 valence electrons. The lowest BCUT2D eigenvalue weighted by atomic mass is 10.2. The molecule has 0 saturated carbocycles. The molecule has 0 fully saturated rings. The molecule has 0 unspecified atom stereocenters. The van der Waals surface area contributed by atoms with Gasteiger partial charge in [0, 0.05) is 19.2 Å². The second-order valence-corrected chi connectivity index (χ2v) is 8.15. The number of amides is 1. The minimum Gasteiger partial charge on any atom is -0.497 e. The summed E-state index contributed by atoms with van der Waals surface area (Å²) in [5, 5.41) is 2.73. The Balaban J connectivity index is 2.48. The van der Waals surface area contributed by atoms with Crippen LogP contribution in [0.2, 0.25) is 0 Å². The first-order valence-electron chi connectivity index (χ1n) is 8.91. The van der Waals surface area contributed by atoms with Gasteiger partial charge in [0.1, 0.15) is 18.0 Å². The normalized spacial score (nSPS) is 12.1. The molecule has 0 aromatic heterocycles. The van der Waals surface area contributed by atoms with Crippen LogP contribution in [0.4, 0.5) is 5.69 Å². The molecule has 29 heavy (non-hydrogen) atoms. The number of carbonyl (C=O) groups excluding carboxylic acids is 1. The highest BCUT2D eigenvalue weighted by Crippen LogP contribution is 2.35. The second kappa shape index (κ2) is 10.1. The summed E-state index contributed by atoms with van der Waals surface area (Å²) in [7, 11) is 0.416. The van der Waals surface area contributed by atoms with Gasteiger partial charge in [-0.3, -0.25) is 9.10 Å². The van der Waals surface area contributed by atoms with Gasteiger partial charge in [-0.25, -0.2) is 8.42 Å². The van der Waals surface area contributed by atoms with Gasteiger partial charge in [0.15, 0.2) is 0 Å².